The van der Waals surface area contributed by atoms with E-state index in [9.17, 15) is 0 Å². The van der Waals surface area contributed by atoms with E-state index in [2.05, 4.69) is 162 Å². The molecule has 5 heteroatoms. The van der Waals surface area contributed by atoms with Crippen molar-refractivity contribution in [3.8, 4) is 89.5 Å². The molecule has 0 N–H and O–H groups in total. The van der Waals surface area contributed by atoms with E-state index in [4.69, 9.17) is 15.0 Å². The van der Waals surface area contributed by atoms with Crippen molar-refractivity contribution in [3.05, 3.63) is 201 Å². The maximum Gasteiger partial charge on any atom is 0.0972 e. The number of nitrogens with zero attached hydrogens (tertiary/aromatic N) is 5. The quantitative estimate of drug-likeness (QED) is 0.158. The minimum Gasteiger partial charge on any atom is -0.265 e. The average molecular weight is 764 g/mol. The molecule has 1 aliphatic rings. The van der Waals surface area contributed by atoms with E-state index in [1.165, 1.54) is 44.2 Å². The predicted molar refractivity (Wildman–Crippen MR) is 245 cm³/mol. The third-order valence-electron chi connectivity index (χ3n) is 11.8. The van der Waals surface area contributed by atoms with Gasteiger partial charge < -0.3 is 0 Å². The Labute approximate surface area is 346 Å². The van der Waals surface area contributed by atoms with Crippen LogP contribution in [-0.2, 0) is 0 Å². The second-order valence-corrected chi connectivity index (χ2v) is 15.3. The highest BCUT2D eigenvalue weighted by molar-refractivity contribution is 6.15. The highest BCUT2D eigenvalue weighted by atomic mass is 14.8. The lowest BCUT2D eigenvalue weighted by Crippen LogP contribution is -1.93. The molecule has 12 rings (SSSR count). The van der Waals surface area contributed by atoms with Gasteiger partial charge in [0.1, 0.15) is 0 Å². The molecule has 0 aliphatic heterocycles. The van der Waals surface area contributed by atoms with E-state index in [0.29, 0.717) is 0 Å². The van der Waals surface area contributed by atoms with E-state index in [0.717, 1.165) is 78.0 Å². The van der Waals surface area contributed by atoms with Crippen LogP contribution >= 0.6 is 0 Å². The lowest BCUT2D eigenvalue weighted by atomic mass is 9.96. The van der Waals surface area contributed by atoms with Gasteiger partial charge in [-0.2, -0.15) is 0 Å². The van der Waals surface area contributed by atoms with Crippen molar-refractivity contribution in [2.45, 2.75) is 0 Å². The van der Waals surface area contributed by atoms with Gasteiger partial charge in [-0.05, 0) is 116 Å². The summed E-state index contributed by atoms with van der Waals surface area (Å²) in [5.41, 5.74) is 19.2. The zero-order valence-corrected chi connectivity index (χ0v) is 32.3. The van der Waals surface area contributed by atoms with Gasteiger partial charge in [0.2, 0.25) is 0 Å². The first-order valence-corrected chi connectivity index (χ1v) is 20.1. The maximum absolute atomic E-state index is 5.30. The van der Waals surface area contributed by atoms with Crippen LogP contribution in [0.3, 0.4) is 0 Å². The Bertz CT molecular complexity index is 3410. The molecule has 1 aliphatic carbocycles. The van der Waals surface area contributed by atoms with Gasteiger partial charge in [-0.25, -0.2) is 15.0 Å². The monoisotopic (exact) mass is 763 g/mol. The summed E-state index contributed by atoms with van der Waals surface area (Å²) in [5, 5.41) is 4.75. The first kappa shape index (κ1) is 33.9. The van der Waals surface area contributed by atoms with Gasteiger partial charge in [0.15, 0.2) is 0 Å². The number of pyridine rings is 5. The van der Waals surface area contributed by atoms with Crippen molar-refractivity contribution in [1.29, 1.82) is 0 Å². The molecule has 6 aromatic carbocycles. The molecule has 278 valence electrons. The molecule has 0 amide bonds. The Morgan fingerprint density at radius 1 is 0.250 bits per heavy atom. The lowest BCUT2D eigenvalue weighted by molar-refractivity contribution is 1.27. The number of aromatic nitrogens is 5. The summed E-state index contributed by atoms with van der Waals surface area (Å²) in [6, 6.07) is 62.5. The van der Waals surface area contributed by atoms with Crippen molar-refractivity contribution in [1.82, 2.24) is 24.9 Å². The van der Waals surface area contributed by atoms with Crippen molar-refractivity contribution in [3.63, 3.8) is 0 Å². The fourth-order valence-electron chi connectivity index (χ4n) is 8.79. The van der Waals surface area contributed by atoms with Crippen LogP contribution in [0.1, 0.15) is 0 Å². The molecular formula is C55H33N5. The Hall–Kier alpha value is -8.15. The number of fused-ring (bicyclic) bond motifs is 6. The lowest BCUT2D eigenvalue weighted by Gasteiger charge is -2.12. The molecule has 5 aromatic heterocycles. The molecule has 0 unspecified atom stereocenters. The minimum absolute atomic E-state index is 0.881. The van der Waals surface area contributed by atoms with Gasteiger partial charge in [-0.15, -0.1) is 0 Å². The van der Waals surface area contributed by atoms with Crippen LogP contribution in [0.4, 0.5) is 0 Å². The summed E-state index contributed by atoms with van der Waals surface area (Å²) in [4.78, 5) is 24.0. The fourth-order valence-corrected chi connectivity index (χ4v) is 8.79. The van der Waals surface area contributed by atoms with Crippen molar-refractivity contribution < 1.29 is 0 Å². The third kappa shape index (κ3) is 5.75. The van der Waals surface area contributed by atoms with E-state index in [1.54, 1.807) is 24.8 Å². The Kier molecular flexibility index (Phi) is 7.78. The Balaban J connectivity index is 0.889. The van der Waals surface area contributed by atoms with Crippen LogP contribution in [-0.4, -0.2) is 24.9 Å². The van der Waals surface area contributed by atoms with Crippen LogP contribution < -0.4 is 0 Å². The standard InChI is InChI=1S/C55H33N5/c1-6-41(44-32-51(36-22-26-56-27-23-36)58-52(33-44)37-24-28-57-29-25-37)30-43(7-1)50-21-18-40-15-14-39-17-20-49(59-54(39)55(40)60-50)35-12-10-34(11-13-35)42-16-19-45-46-8-2-4-38-5-3-9-47(53(38)46)48(45)31-42/h1-33H. The maximum atomic E-state index is 5.30. The molecule has 0 saturated heterocycles. The molecule has 0 bridgehead atoms. The van der Waals surface area contributed by atoms with E-state index in [-0.39, 0.29) is 0 Å². The molecule has 0 saturated carbocycles. The van der Waals surface area contributed by atoms with E-state index < -0.39 is 0 Å². The van der Waals surface area contributed by atoms with Gasteiger partial charge in [-0.1, -0.05) is 115 Å². The average Bonchev–Trinajstić information content (AvgIpc) is 3.65. The number of benzene rings is 6. The fraction of sp³-hybridized carbons (Fsp3) is 0. The molecule has 11 aromatic rings. The molecular weight excluding hydrogens is 731 g/mol. The number of hydrogen-bond acceptors (Lipinski definition) is 5. The highest BCUT2D eigenvalue weighted by Crippen LogP contribution is 2.48. The van der Waals surface area contributed by atoms with Crippen molar-refractivity contribution in [2.75, 3.05) is 0 Å². The van der Waals surface area contributed by atoms with Crippen molar-refractivity contribution in [2.24, 2.45) is 0 Å². The van der Waals surface area contributed by atoms with Crippen LogP contribution in [0.5, 0.6) is 0 Å². The van der Waals surface area contributed by atoms with Crippen LogP contribution in [0.2, 0.25) is 0 Å². The van der Waals surface area contributed by atoms with E-state index >= 15 is 0 Å². The second-order valence-electron chi connectivity index (χ2n) is 15.3. The van der Waals surface area contributed by atoms with Gasteiger partial charge in [0.05, 0.1) is 33.8 Å². The molecule has 5 nitrogen and oxygen atoms in total. The molecule has 0 radical (unpaired) electrons. The minimum atomic E-state index is 0.881. The summed E-state index contributed by atoms with van der Waals surface area (Å²) < 4.78 is 0. The third-order valence-corrected chi connectivity index (χ3v) is 11.8. The van der Waals surface area contributed by atoms with Gasteiger partial charge in [0, 0.05) is 57.8 Å². The summed E-state index contributed by atoms with van der Waals surface area (Å²) in [6.07, 6.45) is 7.20. The number of hydrogen-bond donors (Lipinski definition) is 0. The van der Waals surface area contributed by atoms with Gasteiger partial charge in [-0.3, -0.25) is 9.97 Å². The number of rotatable bonds is 6. The predicted octanol–water partition coefficient (Wildman–Crippen LogP) is 13.8. The largest absolute Gasteiger partial charge is 0.265 e. The summed E-state index contributed by atoms with van der Waals surface area (Å²) in [7, 11) is 0. The molecule has 5 heterocycles. The molecule has 0 fully saturated rings. The smallest absolute Gasteiger partial charge is 0.0972 e. The Morgan fingerprint density at radius 3 is 1.40 bits per heavy atom. The van der Waals surface area contributed by atoms with Gasteiger partial charge >= 0.3 is 0 Å². The molecule has 60 heavy (non-hydrogen) atoms. The van der Waals surface area contributed by atoms with Crippen LogP contribution in [0.25, 0.3) is 122 Å². The topological polar surface area (TPSA) is 64.5 Å². The first-order valence-electron chi connectivity index (χ1n) is 20.1. The van der Waals surface area contributed by atoms with Gasteiger partial charge in [0.25, 0.3) is 0 Å². The summed E-state index contributed by atoms with van der Waals surface area (Å²) in [6.45, 7) is 0. The van der Waals surface area contributed by atoms with E-state index in [1.807, 2.05) is 24.3 Å². The SMILES string of the molecule is c1cc(-c2cc(-c3ccncc3)nc(-c3ccncc3)c2)cc(-c2ccc3ccc4ccc(-c5ccc(-c6ccc7c(c6)-c6cccc8cccc-7c68)cc5)nc4c3n2)c1. The normalized spacial score (nSPS) is 11.7. The zero-order chi connectivity index (χ0) is 39.6. The zero-order valence-electron chi connectivity index (χ0n) is 32.3. The first-order chi connectivity index (χ1) is 29.7. The van der Waals surface area contributed by atoms with Crippen LogP contribution in [0, 0.1) is 0 Å². The molecule has 0 atom stereocenters. The van der Waals surface area contributed by atoms with Crippen LogP contribution in [0.15, 0.2) is 201 Å². The van der Waals surface area contributed by atoms with Crippen molar-refractivity contribution >= 4 is 32.6 Å². The Morgan fingerprint density at radius 2 is 0.750 bits per heavy atom. The highest BCUT2D eigenvalue weighted by Gasteiger charge is 2.21. The molecule has 0 spiro atoms. The summed E-state index contributed by atoms with van der Waals surface area (Å²) in [5.74, 6) is 0. The summed E-state index contributed by atoms with van der Waals surface area (Å²) >= 11 is 0. The second kappa shape index (κ2) is 13.8.